The lowest BCUT2D eigenvalue weighted by molar-refractivity contribution is -0.301. The third kappa shape index (κ3) is 44.5. The average Bonchev–Trinajstić information content (AvgIpc) is 3.38. The molecular formula is C61H116O12S. The zero-order valence-corrected chi connectivity index (χ0v) is 48.5. The molecule has 438 valence electrons. The molecule has 13 heteroatoms. The molecule has 1 aliphatic rings. The molecule has 0 amide bonds. The standard InChI is InChI=1S/C61H116O12S/c1-3-5-7-9-11-13-15-17-19-21-23-25-27-28-29-30-32-34-36-38-40-42-44-46-48-50-57(63)71-55(54-70-61-59(65)60(73-74(66,67)68)58(64)56(52-62)72-61)53-69-51-49-47-45-43-41-39-37-35-33-31-26-24-22-20-18-16-14-12-10-8-6-4-2/h21-24,55-56,58-62,64-65H,3-20,25-54H2,1-2H3,(H,66,67,68)/b23-21-,24-22-. The van der Waals surface area contributed by atoms with Crippen LogP contribution in [0.1, 0.15) is 296 Å². The number of rotatable bonds is 56. The number of carbonyl (C=O) groups excluding carboxylic acids is 1. The lowest BCUT2D eigenvalue weighted by Crippen LogP contribution is -2.60. The minimum Gasteiger partial charge on any atom is -0.457 e. The van der Waals surface area contributed by atoms with Crippen LogP contribution in [0.5, 0.6) is 0 Å². The van der Waals surface area contributed by atoms with E-state index in [4.69, 9.17) is 18.9 Å². The lowest BCUT2D eigenvalue weighted by atomic mass is 9.99. The van der Waals surface area contributed by atoms with Crippen LogP contribution < -0.4 is 0 Å². The molecule has 1 fully saturated rings. The van der Waals surface area contributed by atoms with Gasteiger partial charge < -0.3 is 34.3 Å². The van der Waals surface area contributed by atoms with Gasteiger partial charge in [0.25, 0.3) is 0 Å². The Morgan fingerprint density at radius 1 is 0.500 bits per heavy atom. The zero-order chi connectivity index (χ0) is 53.8. The van der Waals surface area contributed by atoms with Gasteiger partial charge in [-0.1, -0.05) is 250 Å². The highest BCUT2D eigenvalue weighted by Gasteiger charge is 2.48. The average molecular weight is 1070 g/mol. The van der Waals surface area contributed by atoms with Crippen molar-refractivity contribution in [1.29, 1.82) is 0 Å². The molecule has 6 atom stereocenters. The van der Waals surface area contributed by atoms with Crippen molar-refractivity contribution in [3.63, 3.8) is 0 Å². The Morgan fingerprint density at radius 2 is 0.851 bits per heavy atom. The first-order valence-electron chi connectivity index (χ1n) is 31.1. The number of esters is 1. The van der Waals surface area contributed by atoms with E-state index in [1.807, 2.05) is 0 Å². The van der Waals surface area contributed by atoms with Gasteiger partial charge >= 0.3 is 16.4 Å². The molecule has 1 heterocycles. The summed E-state index contributed by atoms with van der Waals surface area (Å²) in [6, 6.07) is 0. The topological polar surface area (TPSA) is 178 Å². The maximum Gasteiger partial charge on any atom is 0.397 e. The van der Waals surface area contributed by atoms with Crippen molar-refractivity contribution in [1.82, 2.24) is 0 Å². The van der Waals surface area contributed by atoms with Gasteiger partial charge in [-0.2, -0.15) is 8.42 Å². The number of allylic oxidation sites excluding steroid dienone is 4. The van der Waals surface area contributed by atoms with E-state index in [1.165, 1.54) is 231 Å². The summed E-state index contributed by atoms with van der Waals surface area (Å²) < 4.78 is 59.5. The van der Waals surface area contributed by atoms with Crippen LogP contribution in [0.15, 0.2) is 24.3 Å². The molecular weight excluding hydrogens is 957 g/mol. The largest absolute Gasteiger partial charge is 0.457 e. The van der Waals surface area contributed by atoms with Crippen molar-refractivity contribution in [3.05, 3.63) is 24.3 Å². The van der Waals surface area contributed by atoms with Crippen LogP contribution in [0, 0.1) is 0 Å². The maximum absolute atomic E-state index is 13.0. The molecule has 1 rings (SSSR count). The molecule has 1 saturated heterocycles. The highest BCUT2D eigenvalue weighted by atomic mass is 32.3. The van der Waals surface area contributed by atoms with Gasteiger partial charge in [-0.3, -0.25) is 9.35 Å². The summed E-state index contributed by atoms with van der Waals surface area (Å²) in [5.41, 5.74) is 0. The summed E-state index contributed by atoms with van der Waals surface area (Å²) in [4.78, 5) is 13.0. The maximum atomic E-state index is 13.0. The Bertz CT molecular complexity index is 1380. The predicted molar refractivity (Wildman–Crippen MR) is 304 cm³/mol. The number of hydrogen-bond acceptors (Lipinski definition) is 11. The lowest BCUT2D eigenvalue weighted by Gasteiger charge is -2.41. The van der Waals surface area contributed by atoms with Gasteiger partial charge in [0.05, 0.1) is 19.8 Å². The molecule has 6 unspecified atom stereocenters. The third-order valence-corrected chi connectivity index (χ3v) is 15.0. The number of aliphatic hydroxyl groups is 3. The Labute approximate surface area is 454 Å². The number of hydrogen-bond donors (Lipinski definition) is 4. The van der Waals surface area contributed by atoms with E-state index in [1.54, 1.807) is 0 Å². The van der Waals surface area contributed by atoms with Crippen molar-refractivity contribution >= 4 is 16.4 Å². The van der Waals surface area contributed by atoms with Crippen LogP contribution in [0.2, 0.25) is 0 Å². The fourth-order valence-corrected chi connectivity index (χ4v) is 10.4. The second-order valence-electron chi connectivity index (χ2n) is 21.6. The summed E-state index contributed by atoms with van der Waals surface area (Å²) in [6.45, 7) is 4.06. The number of ether oxygens (including phenoxy) is 4. The molecule has 0 spiro atoms. The Kier molecular flexibility index (Phi) is 49.9. The van der Waals surface area contributed by atoms with E-state index in [0.29, 0.717) is 13.0 Å². The summed E-state index contributed by atoms with van der Waals surface area (Å²) in [6.07, 6.45) is 55.1. The van der Waals surface area contributed by atoms with E-state index in [9.17, 15) is 33.1 Å². The molecule has 0 aromatic rings. The molecule has 74 heavy (non-hydrogen) atoms. The Morgan fingerprint density at radius 3 is 1.22 bits per heavy atom. The fourth-order valence-electron chi connectivity index (χ4n) is 9.84. The Hall–Kier alpha value is -1.42. The number of carbonyl (C=O) groups is 1. The van der Waals surface area contributed by atoms with Crippen molar-refractivity contribution in [2.24, 2.45) is 0 Å². The van der Waals surface area contributed by atoms with Crippen molar-refractivity contribution < 1.29 is 56.2 Å². The van der Waals surface area contributed by atoms with Crippen molar-refractivity contribution in [3.8, 4) is 0 Å². The minimum atomic E-state index is -5.07. The van der Waals surface area contributed by atoms with Gasteiger partial charge in [0.1, 0.15) is 30.5 Å². The van der Waals surface area contributed by atoms with E-state index < -0.39 is 59.8 Å². The van der Waals surface area contributed by atoms with Crippen LogP contribution in [0.25, 0.3) is 0 Å². The quantitative estimate of drug-likeness (QED) is 0.0196. The van der Waals surface area contributed by atoms with Gasteiger partial charge in [-0.05, 0) is 64.2 Å². The second-order valence-corrected chi connectivity index (χ2v) is 22.7. The van der Waals surface area contributed by atoms with Crippen LogP contribution in [0.3, 0.4) is 0 Å². The third-order valence-electron chi connectivity index (χ3n) is 14.5. The predicted octanol–water partition coefficient (Wildman–Crippen LogP) is 15.9. The highest BCUT2D eigenvalue weighted by molar-refractivity contribution is 7.80. The second kappa shape index (κ2) is 52.3. The number of aliphatic hydroxyl groups excluding tert-OH is 3. The SMILES string of the molecule is CCCCCCCCCC/C=C\CCCCCCCCCCCCCCCC(=O)OC(COCCCCCCCCCCCC/C=C\CCCCCCCCCC)COC1OC(CO)C(O)C(OS(=O)(=O)O)C1O. The molecule has 12 nitrogen and oxygen atoms in total. The summed E-state index contributed by atoms with van der Waals surface area (Å²) in [5, 5.41) is 30.9. The highest BCUT2D eigenvalue weighted by Crippen LogP contribution is 2.26. The first-order valence-corrected chi connectivity index (χ1v) is 32.5. The smallest absolute Gasteiger partial charge is 0.397 e. The van der Waals surface area contributed by atoms with E-state index >= 15 is 0 Å². The first kappa shape index (κ1) is 70.6. The van der Waals surface area contributed by atoms with Crippen LogP contribution >= 0.6 is 0 Å². The molecule has 1 aliphatic heterocycles. The molecule has 0 bridgehead atoms. The van der Waals surface area contributed by atoms with Crippen molar-refractivity contribution in [2.75, 3.05) is 26.4 Å². The Balaban J connectivity index is 2.25. The summed E-state index contributed by atoms with van der Waals surface area (Å²) in [7, 11) is -5.07. The van der Waals surface area contributed by atoms with Gasteiger partial charge in [-0.25, -0.2) is 4.18 Å². The van der Waals surface area contributed by atoms with E-state index in [-0.39, 0.29) is 19.6 Å². The molecule has 0 saturated carbocycles. The fraction of sp³-hybridized carbons (Fsp3) is 0.918. The first-order chi connectivity index (χ1) is 36.1. The summed E-state index contributed by atoms with van der Waals surface area (Å²) in [5.74, 6) is -0.393. The van der Waals surface area contributed by atoms with E-state index in [0.717, 1.165) is 38.5 Å². The molecule has 0 radical (unpaired) electrons. The molecule has 0 aliphatic carbocycles. The van der Waals surface area contributed by atoms with Gasteiger partial charge in [-0.15, -0.1) is 0 Å². The van der Waals surface area contributed by atoms with Crippen molar-refractivity contribution in [2.45, 2.75) is 333 Å². The molecule has 4 N–H and O–H groups in total. The van der Waals surface area contributed by atoms with E-state index in [2.05, 4.69) is 42.3 Å². The zero-order valence-electron chi connectivity index (χ0n) is 47.7. The van der Waals surface area contributed by atoms with Crippen LogP contribution in [0.4, 0.5) is 0 Å². The van der Waals surface area contributed by atoms with Crippen LogP contribution in [-0.2, 0) is 38.3 Å². The van der Waals surface area contributed by atoms with Gasteiger partial charge in [0.15, 0.2) is 6.29 Å². The normalized spacial score (nSPS) is 18.8. The van der Waals surface area contributed by atoms with Gasteiger partial charge in [0.2, 0.25) is 0 Å². The van der Waals surface area contributed by atoms with Gasteiger partial charge in [0, 0.05) is 13.0 Å². The molecule has 0 aromatic carbocycles. The monoisotopic (exact) mass is 1070 g/mol. The molecule has 0 aromatic heterocycles. The van der Waals surface area contributed by atoms with Crippen LogP contribution in [-0.4, -0.2) is 97.5 Å². The summed E-state index contributed by atoms with van der Waals surface area (Å²) >= 11 is 0. The minimum absolute atomic E-state index is 0.0394. The number of unbranched alkanes of at least 4 members (excludes halogenated alkanes) is 39.